The summed E-state index contributed by atoms with van der Waals surface area (Å²) >= 11 is 1.62. The van der Waals surface area contributed by atoms with Crippen LogP contribution in [0, 0.1) is 6.92 Å². The fourth-order valence-electron chi connectivity index (χ4n) is 2.81. The van der Waals surface area contributed by atoms with Crippen molar-refractivity contribution < 1.29 is 9.53 Å². The number of hydrogen-bond acceptors (Lipinski definition) is 4. The smallest absolute Gasteiger partial charge is 0.318 e. The van der Waals surface area contributed by atoms with Crippen LogP contribution in [0.2, 0.25) is 0 Å². The van der Waals surface area contributed by atoms with Gasteiger partial charge in [-0.05, 0) is 19.4 Å². The Kier molecular flexibility index (Phi) is 5.48. The lowest BCUT2D eigenvalue weighted by Crippen LogP contribution is -2.50. The van der Waals surface area contributed by atoms with Gasteiger partial charge in [0.2, 0.25) is 0 Å². The third kappa shape index (κ3) is 4.33. The van der Waals surface area contributed by atoms with E-state index in [0.29, 0.717) is 19.7 Å². The molecule has 1 aliphatic heterocycles. The van der Waals surface area contributed by atoms with Gasteiger partial charge in [-0.1, -0.05) is 30.3 Å². The van der Waals surface area contributed by atoms with Gasteiger partial charge in [-0.15, -0.1) is 11.3 Å². The molecule has 0 radical (unpaired) electrons. The Labute approximate surface area is 146 Å². The quantitative estimate of drug-likeness (QED) is 0.926. The normalized spacial score (nSPS) is 19.1. The third-order valence-corrected chi connectivity index (χ3v) is 5.18. The number of benzene rings is 1. The first-order valence-electron chi connectivity index (χ1n) is 8.25. The van der Waals surface area contributed by atoms with E-state index in [-0.39, 0.29) is 18.2 Å². The molecular formula is C18H23N3O2S. The molecule has 2 amide bonds. The summed E-state index contributed by atoms with van der Waals surface area (Å²) in [6.07, 6.45) is 2.71. The fraction of sp³-hybridized carbons (Fsp3) is 0.444. The summed E-state index contributed by atoms with van der Waals surface area (Å²) in [6.45, 7) is 5.81. The monoisotopic (exact) mass is 345 g/mol. The maximum absolute atomic E-state index is 12.5. The highest BCUT2D eigenvalue weighted by Gasteiger charge is 2.25. The first kappa shape index (κ1) is 16.9. The van der Waals surface area contributed by atoms with Crippen LogP contribution in [0.25, 0.3) is 0 Å². The zero-order valence-corrected chi connectivity index (χ0v) is 14.9. The van der Waals surface area contributed by atoms with Crippen LogP contribution in [0.15, 0.2) is 36.5 Å². The average molecular weight is 345 g/mol. The van der Waals surface area contributed by atoms with Crippen molar-refractivity contribution in [3.8, 4) is 0 Å². The van der Waals surface area contributed by atoms with Gasteiger partial charge in [0, 0.05) is 30.6 Å². The molecule has 0 bridgehead atoms. The number of nitrogens with zero attached hydrogens (tertiary/aromatic N) is 2. The zero-order valence-electron chi connectivity index (χ0n) is 14.1. The number of carbonyl (C=O) groups is 1. The lowest BCUT2D eigenvalue weighted by Gasteiger charge is -2.33. The third-order valence-electron chi connectivity index (χ3n) is 4.08. The van der Waals surface area contributed by atoms with Crippen molar-refractivity contribution in [3.63, 3.8) is 0 Å². The van der Waals surface area contributed by atoms with Crippen LogP contribution in [0.4, 0.5) is 4.79 Å². The van der Waals surface area contributed by atoms with Crippen molar-refractivity contribution in [3.05, 3.63) is 52.0 Å². The SMILES string of the molecule is Cc1cnc([C@H](C)NC(=O)N2CCO[C@@H](Cc3ccccc3)C2)s1. The molecule has 0 unspecified atom stereocenters. The second-order valence-electron chi connectivity index (χ2n) is 6.11. The number of hydrogen-bond donors (Lipinski definition) is 1. The topological polar surface area (TPSA) is 54.5 Å². The van der Waals surface area contributed by atoms with E-state index in [1.165, 1.54) is 5.56 Å². The molecule has 3 rings (SSSR count). The number of urea groups is 1. The summed E-state index contributed by atoms with van der Waals surface area (Å²) in [7, 11) is 0. The van der Waals surface area contributed by atoms with Crippen molar-refractivity contribution in [1.29, 1.82) is 0 Å². The summed E-state index contributed by atoms with van der Waals surface area (Å²) in [5, 5.41) is 3.98. The minimum Gasteiger partial charge on any atom is -0.374 e. The minimum atomic E-state index is -0.0772. The van der Waals surface area contributed by atoms with E-state index in [0.717, 1.165) is 16.3 Å². The standard InChI is InChI=1S/C18H23N3O2S/c1-13-11-19-17(24-13)14(2)20-18(22)21-8-9-23-16(12-21)10-15-6-4-3-5-7-15/h3-7,11,14,16H,8-10,12H2,1-2H3,(H,20,22)/t14-,16-/m0/s1. The zero-order chi connectivity index (χ0) is 16.9. The van der Waals surface area contributed by atoms with Gasteiger partial charge in [0.25, 0.3) is 0 Å². The molecule has 1 aliphatic rings. The summed E-state index contributed by atoms with van der Waals surface area (Å²) in [6, 6.07) is 10.1. The summed E-state index contributed by atoms with van der Waals surface area (Å²) in [5.74, 6) is 0. The molecule has 2 heterocycles. The van der Waals surface area contributed by atoms with Gasteiger partial charge < -0.3 is 15.0 Å². The van der Waals surface area contributed by atoms with Gasteiger partial charge in [0.1, 0.15) is 5.01 Å². The molecule has 1 fully saturated rings. The van der Waals surface area contributed by atoms with Crippen molar-refractivity contribution in [2.45, 2.75) is 32.4 Å². The lowest BCUT2D eigenvalue weighted by molar-refractivity contribution is -0.0135. The van der Waals surface area contributed by atoms with Crippen LogP contribution < -0.4 is 5.32 Å². The van der Waals surface area contributed by atoms with Gasteiger partial charge in [-0.3, -0.25) is 0 Å². The van der Waals surface area contributed by atoms with Gasteiger partial charge in [0.15, 0.2) is 0 Å². The molecule has 2 aromatic rings. The molecule has 0 saturated carbocycles. The van der Waals surface area contributed by atoms with Crippen LogP contribution in [-0.4, -0.2) is 41.7 Å². The number of rotatable bonds is 4. The highest BCUT2D eigenvalue weighted by Crippen LogP contribution is 2.19. The Hall–Kier alpha value is -1.92. The Morgan fingerprint density at radius 2 is 2.25 bits per heavy atom. The number of nitrogens with one attached hydrogen (secondary N) is 1. The average Bonchev–Trinajstić information content (AvgIpc) is 3.03. The van der Waals surface area contributed by atoms with Crippen LogP contribution in [0.1, 0.15) is 28.4 Å². The Morgan fingerprint density at radius 1 is 1.46 bits per heavy atom. The Bertz CT molecular complexity index is 674. The molecule has 1 saturated heterocycles. The number of amides is 2. The van der Waals surface area contributed by atoms with E-state index in [1.54, 1.807) is 11.3 Å². The first-order valence-corrected chi connectivity index (χ1v) is 9.07. The number of aromatic nitrogens is 1. The van der Waals surface area contributed by atoms with E-state index in [2.05, 4.69) is 22.4 Å². The van der Waals surface area contributed by atoms with Gasteiger partial charge in [-0.2, -0.15) is 0 Å². The molecule has 0 aliphatic carbocycles. The fourth-order valence-corrected chi connectivity index (χ4v) is 3.59. The Morgan fingerprint density at radius 3 is 2.96 bits per heavy atom. The molecule has 1 aromatic heterocycles. The number of aryl methyl sites for hydroxylation is 1. The largest absolute Gasteiger partial charge is 0.374 e. The minimum absolute atomic E-state index is 0.0447. The van der Waals surface area contributed by atoms with E-state index in [9.17, 15) is 4.79 Å². The molecule has 5 nitrogen and oxygen atoms in total. The Balaban J connectivity index is 1.55. The molecule has 0 spiro atoms. The summed E-state index contributed by atoms with van der Waals surface area (Å²) in [5.41, 5.74) is 1.23. The van der Waals surface area contributed by atoms with Crippen molar-refractivity contribution in [2.75, 3.05) is 19.7 Å². The maximum atomic E-state index is 12.5. The molecule has 128 valence electrons. The van der Waals surface area contributed by atoms with Crippen LogP contribution >= 0.6 is 11.3 Å². The number of morpholine rings is 1. The van der Waals surface area contributed by atoms with Crippen LogP contribution in [0.3, 0.4) is 0 Å². The van der Waals surface area contributed by atoms with Gasteiger partial charge in [0.05, 0.1) is 18.8 Å². The van der Waals surface area contributed by atoms with Crippen molar-refractivity contribution in [1.82, 2.24) is 15.2 Å². The lowest BCUT2D eigenvalue weighted by atomic mass is 10.1. The highest BCUT2D eigenvalue weighted by atomic mass is 32.1. The summed E-state index contributed by atoms with van der Waals surface area (Å²) in [4.78, 5) is 19.9. The van der Waals surface area contributed by atoms with Crippen LogP contribution in [-0.2, 0) is 11.2 Å². The molecule has 1 N–H and O–H groups in total. The van der Waals surface area contributed by atoms with Crippen molar-refractivity contribution in [2.24, 2.45) is 0 Å². The van der Waals surface area contributed by atoms with Crippen molar-refractivity contribution >= 4 is 17.4 Å². The highest BCUT2D eigenvalue weighted by molar-refractivity contribution is 7.11. The summed E-state index contributed by atoms with van der Waals surface area (Å²) < 4.78 is 5.82. The van der Waals surface area contributed by atoms with Gasteiger partial charge in [-0.25, -0.2) is 9.78 Å². The van der Waals surface area contributed by atoms with E-state index >= 15 is 0 Å². The maximum Gasteiger partial charge on any atom is 0.318 e. The number of ether oxygens (including phenoxy) is 1. The molecule has 1 aromatic carbocycles. The second kappa shape index (κ2) is 7.77. The van der Waals surface area contributed by atoms with Crippen LogP contribution in [0.5, 0.6) is 0 Å². The number of carbonyl (C=O) groups excluding carboxylic acids is 1. The predicted octanol–water partition coefficient (Wildman–Crippen LogP) is 3.17. The van der Waals surface area contributed by atoms with E-state index in [4.69, 9.17) is 4.74 Å². The molecule has 24 heavy (non-hydrogen) atoms. The predicted molar refractivity (Wildman–Crippen MR) is 95.3 cm³/mol. The molecule has 6 heteroatoms. The molecular weight excluding hydrogens is 322 g/mol. The molecule has 2 atom stereocenters. The van der Waals surface area contributed by atoms with E-state index in [1.807, 2.05) is 43.1 Å². The van der Waals surface area contributed by atoms with E-state index < -0.39 is 0 Å². The van der Waals surface area contributed by atoms with Gasteiger partial charge >= 0.3 is 6.03 Å². The second-order valence-corrected chi connectivity index (χ2v) is 7.38. The first-order chi connectivity index (χ1) is 11.6. The number of thiazole rings is 1.